The fourth-order valence-electron chi connectivity index (χ4n) is 1.53. The number of hydrogen-bond acceptors (Lipinski definition) is 2. The first-order valence-corrected chi connectivity index (χ1v) is 6.44. The van der Waals surface area contributed by atoms with Gasteiger partial charge in [0.2, 0.25) is 0 Å². The van der Waals surface area contributed by atoms with Gasteiger partial charge in [0.15, 0.2) is 0 Å². The van der Waals surface area contributed by atoms with Crippen LogP contribution in [-0.2, 0) is 6.61 Å². The van der Waals surface area contributed by atoms with Gasteiger partial charge in [-0.1, -0.05) is 19.9 Å². The number of benzene rings is 1. The van der Waals surface area contributed by atoms with Gasteiger partial charge in [0.25, 0.3) is 0 Å². The van der Waals surface area contributed by atoms with Crippen molar-refractivity contribution >= 4 is 21.6 Å². The summed E-state index contributed by atoms with van der Waals surface area (Å²) < 4.78 is 1.05. The molecule has 0 saturated carbocycles. The molecule has 0 fully saturated rings. The molecular formula is C13H20BrNO. The number of rotatable bonds is 5. The summed E-state index contributed by atoms with van der Waals surface area (Å²) in [5.74, 6) is 0.720. The number of aliphatic hydroxyl groups is 1. The van der Waals surface area contributed by atoms with Gasteiger partial charge in [-0.15, -0.1) is 0 Å². The Morgan fingerprint density at radius 2 is 2.06 bits per heavy atom. The van der Waals surface area contributed by atoms with Crippen molar-refractivity contribution in [1.29, 1.82) is 0 Å². The second-order valence-electron chi connectivity index (χ2n) is 4.55. The fraction of sp³-hybridized carbons (Fsp3) is 0.538. The van der Waals surface area contributed by atoms with E-state index < -0.39 is 0 Å². The highest BCUT2D eigenvalue weighted by atomic mass is 79.9. The topological polar surface area (TPSA) is 23.5 Å². The summed E-state index contributed by atoms with van der Waals surface area (Å²) in [5.41, 5.74) is 2.12. The number of nitrogens with zero attached hydrogens (tertiary/aromatic N) is 1. The standard InChI is InChI=1S/C13H20BrNO/c1-10(2)6-7-15(3)13-5-4-11(9-16)8-12(13)14/h4-5,8,10,16H,6-7,9H2,1-3H3. The van der Waals surface area contributed by atoms with Gasteiger partial charge in [-0.3, -0.25) is 0 Å². The molecule has 0 amide bonds. The molecular weight excluding hydrogens is 266 g/mol. The van der Waals surface area contributed by atoms with E-state index in [0.717, 1.165) is 22.5 Å². The maximum Gasteiger partial charge on any atom is 0.0682 e. The van der Waals surface area contributed by atoms with E-state index in [-0.39, 0.29) is 6.61 Å². The lowest BCUT2D eigenvalue weighted by Gasteiger charge is -2.22. The van der Waals surface area contributed by atoms with Crippen molar-refractivity contribution in [3.05, 3.63) is 28.2 Å². The average molecular weight is 286 g/mol. The van der Waals surface area contributed by atoms with Crippen LogP contribution in [0, 0.1) is 5.92 Å². The van der Waals surface area contributed by atoms with Crippen molar-refractivity contribution in [2.75, 3.05) is 18.5 Å². The zero-order chi connectivity index (χ0) is 12.1. The molecule has 0 spiro atoms. The lowest BCUT2D eigenvalue weighted by molar-refractivity contribution is 0.282. The molecule has 2 nitrogen and oxygen atoms in total. The van der Waals surface area contributed by atoms with Gasteiger partial charge >= 0.3 is 0 Å². The molecule has 1 N–H and O–H groups in total. The summed E-state index contributed by atoms with van der Waals surface area (Å²) in [6.07, 6.45) is 1.19. The van der Waals surface area contributed by atoms with Gasteiger partial charge in [0.1, 0.15) is 0 Å². The summed E-state index contributed by atoms with van der Waals surface area (Å²) in [5, 5.41) is 9.03. The predicted molar refractivity (Wildman–Crippen MR) is 72.8 cm³/mol. The second kappa shape index (κ2) is 6.26. The zero-order valence-corrected chi connectivity index (χ0v) is 11.8. The zero-order valence-electron chi connectivity index (χ0n) is 10.2. The van der Waals surface area contributed by atoms with Crippen molar-refractivity contribution in [1.82, 2.24) is 0 Å². The van der Waals surface area contributed by atoms with Crippen LogP contribution in [0.15, 0.2) is 22.7 Å². The lowest BCUT2D eigenvalue weighted by Crippen LogP contribution is -2.20. The van der Waals surface area contributed by atoms with Crippen molar-refractivity contribution in [3.63, 3.8) is 0 Å². The van der Waals surface area contributed by atoms with Gasteiger partial charge in [-0.25, -0.2) is 0 Å². The van der Waals surface area contributed by atoms with Gasteiger partial charge in [0, 0.05) is 18.1 Å². The van der Waals surface area contributed by atoms with E-state index in [4.69, 9.17) is 5.11 Å². The third-order valence-corrected chi connectivity index (χ3v) is 3.28. The summed E-state index contributed by atoms with van der Waals surface area (Å²) in [6, 6.07) is 5.99. The fourth-order valence-corrected chi connectivity index (χ4v) is 2.26. The minimum Gasteiger partial charge on any atom is -0.392 e. The van der Waals surface area contributed by atoms with E-state index in [1.54, 1.807) is 0 Å². The molecule has 0 bridgehead atoms. The van der Waals surface area contributed by atoms with E-state index >= 15 is 0 Å². The molecule has 1 rings (SSSR count). The molecule has 0 radical (unpaired) electrons. The van der Waals surface area contributed by atoms with E-state index in [1.165, 1.54) is 12.1 Å². The molecule has 0 aliphatic rings. The number of anilines is 1. The van der Waals surface area contributed by atoms with Crippen LogP contribution in [0.3, 0.4) is 0 Å². The van der Waals surface area contributed by atoms with E-state index in [9.17, 15) is 0 Å². The third-order valence-electron chi connectivity index (χ3n) is 2.65. The van der Waals surface area contributed by atoms with Crippen LogP contribution < -0.4 is 4.90 Å². The van der Waals surface area contributed by atoms with Crippen molar-refractivity contribution in [3.8, 4) is 0 Å². The van der Waals surface area contributed by atoms with Gasteiger partial charge in [-0.05, 0) is 46.0 Å². The minimum absolute atomic E-state index is 0.0919. The Hall–Kier alpha value is -0.540. The van der Waals surface area contributed by atoms with Crippen LogP contribution in [0.4, 0.5) is 5.69 Å². The Morgan fingerprint density at radius 1 is 1.38 bits per heavy atom. The van der Waals surface area contributed by atoms with E-state index in [1.807, 2.05) is 12.1 Å². The van der Waals surface area contributed by atoms with Gasteiger partial charge < -0.3 is 10.0 Å². The van der Waals surface area contributed by atoms with E-state index in [2.05, 4.69) is 47.8 Å². The number of aliphatic hydroxyl groups excluding tert-OH is 1. The Bertz CT molecular complexity index is 339. The van der Waals surface area contributed by atoms with Gasteiger partial charge in [-0.2, -0.15) is 0 Å². The maximum atomic E-state index is 9.03. The highest BCUT2D eigenvalue weighted by molar-refractivity contribution is 9.10. The van der Waals surface area contributed by atoms with Crippen molar-refractivity contribution in [2.45, 2.75) is 26.9 Å². The van der Waals surface area contributed by atoms with Crippen LogP contribution in [-0.4, -0.2) is 18.7 Å². The number of hydrogen-bond donors (Lipinski definition) is 1. The predicted octanol–water partition coefficient (Wildman–Crippen LogP) is 3.42. The molecule has 1 aromatic rings. The largest absolute Gasteiger partial charge is 0.392 e. The summed E-state index contributed by atoms with van der Waals surface area (Å²) in [6.45, 7) is 5.61. The van der Waals surface area contributed by atoms with Crippen LogP contribution in [0.25, 0.3) is 0 Å². The van der Waals surface area contributed by atoms with Crippen LogP contribution >= 0.6 is 15.9 Å². The first-order chi connectivity index (χ1) is 7.54. The highest BCUT2D eigenvalue weighted by Crippen LogP contribution is 2.27. The molecule has 0 heterocycles. The molecule has 0 unspecified atom stereocenters. The van der Waals surface area contributed by atoms with Gasteiger partial charge in [0.05, 0.1) is 12.3 Å². The van der Waals surface area contributed by atoms with Crippen LogP contribution in [0.1, 0.15) is 25.8 Å². The van der Waals surface area contributed by atoms with Crippen molar-refractivity contribution in [2.24, 2.45) is 5.92 Å². The van der Waals surface area contributed by atoms with Crippen molar-refractivity contribution < 1.29 is 5.11 Å². The molecule has 0 atom stereocenters. The Balaban J connectivity index is 2.71. The summed E-state index contributed by atoms with van der Waals surface area (Å²) in [4.78, 5) is 2.24. The highest BCUT2D eigenvalue weighted by Gasteiger charge is 2.07. The molecule has 0 saturated heterocycles. The first kappa shape index (κ1) is 13.5. The normalized spacial score (nSPS) is 10.9. The Kier molecular flexibility index (Phi) is 5.29. The lowest BCUT2D eigenvalue weighted by atomic mass is 10.1. The smallest absolute Gasteiger partial charge is 0.0682 e. The monoisotopic (exact) mass is 285 g/mol. The molecule has 1 aromatic carbocycles. The summed E-state index contributed by atoms with van der Waals surface area (Å²) >= 11 is 3.54. The molecule has 0 aromatic heterocycles. The molecule has 0 aliphatic carbocycles. The van der Waals surface area contributed by atoms with Crippen LogP contribution in [0.2, 0.25) is 0 Å². The Labute approximate surface area is 106 Å². The average Bonchev–Trinajstić information content (AvgIpc) is 2.25. The molecule has 90 valence electrons. The molecule has 3 heteroatoms. The molecule has 0 aliphatic heterocycles. The minimum atomic E-state index is 0.0919. The summed E-state index contributed by atoms with van der Waals surface area (Å²) in [7, 11) is 2.10. The molecule has 16 heavy (non-hydrogen) atoms. The number of halogens is 1. The quantitative estimate of drug-likeness (QED) is 0.896. The Morgan fingerprint density at radius 3 is 2.56 bits per heavy atom. The first-order valence-electron chi connectivity index (χ1n) is 5.65. The second-order valence-corrected chi connectivity index (χ2v) is 5.40. The maximum absolute atomic E-state index is 9.03. The van der Waals surface area contributed by atoms with Crippen LogP contribution in [0.5, 0.6) is 0 Å². The van der Waals surface area contributed by atoms with E-state index in [0.29, 0.717) is 0 Å². The SMILES string of the molecule is CC(C)CCN(C)c1ccc(CO)cc1Br. The third kappa shape index (κ3) is 3.80.